The van der Waals surface area contributed by atoms with Gasteiger partial charge in [-0.25, -0.2) is 0 Å². The molecule has 1 N–H and O–H groups in total. The molecule has 0 radical (unpaired) electrons. The number of hydrogen-bond donors (Lipinski definition) is 1. The fourth-order valence-electron chi connectivity index (χ4n) is 4.31. The summed E-state index contributed by atoms with van der Waals surface area (Å²) in [5.41, 5.74) is -4.22. The second-order valence-corrected chi connectivity index (χ2v) is 9.81. The molecule has 0 unspecified atom stereocenters. The minimum atomic E-state index is -5.83. The summed E-state index contributed by atoms with van der Waals surface area (Å²) in [5.74, 6) is -0.553. The fourth-order valence-corrected chi connectivity index (χ4v) is 5.03. The highest BCUT2D eigenvalue weighted by molar-refractivity contribution is 7.88. The number of halogens is 4. The van der Waals surface area contributed by atoms with E-state index in [9.17, 15) is 21.6 Å². The third-order valence-electron chi connectivity index (χ3n) is 5.51. The molecule has 1 saturated heterocycles. The Labute approximate surface area is 181 Å². The molecule has 2 aliphatic heterocycles. The van der Waals surface area contributed by atoms with E-state index in [0.29, 0.717) is 37.0 Å². The molecule has 31 heavy (non-hydrogen) atoms. The Morgan fingerprint density at radius 2 is 2.10 bits per heavy atom. The number of nitrogens with one attached hydrogen (secondary N) is 1. The Morgan fingerprint density at radius 1 is 1.35 bits per heavy atom. The van der Waals surface area contributed by atoms with Crippen LogP contribution < -0.4 is 9.50 Å². The molecule has 1 spiro atoms. The van der Waals surface area contributed by atoms with Crippen molar-refractivity contribution in [3.63, 3.8) is 0 Å². The Kier molecular flexibility index (Phi) is 5.48. The number of fused-ring (bicyclic) bond motifs is 2. The van der Waals surface area contributed by atoms with Crippen molar-refractivity contribution in [1.82, 2.24) is 20.3 Å². The zero-order valence-corrected chi connectivity index (χ0v) is 18.2. The van der Waals surface area contributed by atoms with Crippen LogP contribution in [0.15, 0.2) is 18.3 Å². The zero-order chi connectivity index (χ0) is 22.6. The Balaban J connectivity index is 1.71. The third-order valence-corrected chi connectivity index (χ3v) is 6.78. The predicted octanol–water partition coefficient (Wildman–Crippen LogP) is 2.98. The first-order valence-electron chi connectivity index (χ1n) is 9.50. The molecular weight excluding hydrogens is 461 g/mol. The lowest BCUT2D eigenvalue weighted by molar-refractivity contribution is -0.0987. The first-order valence-corrected chi connectivity index (χ1v) is 11.3. The van der Waals surface area contributed by atoms with Crippen LogP contribution in [0.5, 0.6) is 5.75 Å². The minimum Gasteiger partial charge on any atom is -0.374 e. The van der Waals surface area contributed by atoms with Crippen LogP contribution in [0.3, 0.4) is 0 Å². The van der Waals surface area contributed by atoms with Gasteiger partial charge in [-0.1, -0.05) is 16.8 Å². The number of nitrogens with zero attached hydrogens (tertiary/aromatic N) is 3. The number of benzene rings is 1. The SMILES string of the molecule is C[C@H]1C[C@@]2(C[C@@H](c3cn(C)nn3)N1)OCCc1cc(OS(=O)(=O)C(F)(F)F)c(Cl)cc12. The summed E-state index contributed by atoms with van der Waals surface area (Å²) in [5, 5.41) is 11.4. The number of hydrogen-bond acceptors (Lipinski definition) is 7. The number of rotatable bonds is 3. The minimum absolute atomic E-state index is 0.0343. The number of ether oxygens (including phenoxy) is 1. The molecule has 170 valence electrons. The van der Waals surface area contributed by atoms with E-state index in [0.717, 1.165) is 5.69 Å². The monoisotopic (exact) mass is 480 g/mol. The van der Waals surface area contributed by atoms with Crippen LogP contribution in [0, 0.1) is 0 Å². The lowest BCUT2D eigenvalue weighted by Crippen LogP contribution is -2.50. The second kappa shape index (κ2) is 7.61. The maximum atomic E-state index is 12.7. The number of aromatic nitrogens is 3. The molecule has 3 atom stereocenters. The van der Waals surface area contributed by atoms with Gasteiger partial charge in [0.15, 0.2) is 5.75 Å². The van der Waals surface area contributed by atoms with E-state index in [-0.39, 0.29) is 17.1 Å². The Bertz CT molecular complexity index is 1110. The van der Waals surface area contributed by atoms with E-state index < -0.39 is 27.0 Å². The molecule has 2 aromatic rings. The van der Waals surface area contributed by atoms with Gasteiger partial charge in [0.05, 0.1) is 29.0 Å². The number of piperidine rings is 1. The third kappa shape index (κ3) is 4.13. The molecule has 13 heteroatoms. The van der Waals surface area contributed by atoms with Crippen molar-refractivity contribution < 1.29 is 30.5 Å². The molecule has 0 aliphatic carbocycles. The van der Waals surface area contributed by atoms with Crippen LogP contribution >= 0.6 is 11.6 Å². The van der Waals surface area contributed by atoms with Crippen LogP contribution in [-0.2, 0) is 33.9 Å². The predicted molar refractivity (Wildman–Crippen MR) is 104 cm³/mol. The molecular formula is C18H20ClF3N4O4S. The number of alkyl halides is 3. The van der Waals surface area contributed by atoms with Crippen molar-refractivity contribution in [2.75, 3.05) is 6.61 Å². The molecule has 2 aliphatic rings. The quantitative estimate of drug-likeness (QED) is 0.533. The van der Waals surface area contributed by atoms with Gasteiger partial charge in [0.2, 0.25) is 0 Å². The normalized spacial score (nSPS) is 26.6. The maximum Gasteiger partial charge on any atom is 0.534 e. The maximum absolute atomic E-state index is 12.7. The van der Waals surface area contributed by atoms with E-state index in [1.807, 2.05) is 6.92 Å². The summed E-state index contributed by atoms with van der Waals surface area (Å²) in [6, 6.07) is 2.58. The molecule has 0 bridgehead atoms. The van der Waals surface area contributed by atoms with Crippen LogP contribution in [0.25, 0.3) is 0 Å². The lowest BCUT2D eigenvalue weighted by Gasteiger charge is -2.47. The van der Waals surface area contributed by atoms with Crippen LogP contribution in [0.1, 0.15) is 42.6 Å². The topological polar surface area (TPSA) is 95.3 Å². The van der Waals surface area contributed by atoms with Gasteiger partial charge < -0.3 is 14.2 Å². The first-order chi connectivity index (χ1) is 14.4. The van der Waals surface area contributed by atoms with Crippen molar-refractivity contribution in [3.05, 3.63) is 40.2 Å². The Hall–Kier alpha value is -1.89. The van der Waals surface area contributed by atoms with Crippen LogP contribution in [0.2, 0.25) is 5.02 Å². The van der Waals surface area contributed by atoms with Crippen molar-refractivity contribution >= 4 is 21.7 Å². The molecule has 1 fully saturated rings. The number of aryl methyl sites for hydroxylation is 1. The highest BCUT2D eigenvalue weighted by atomic mass is 35.5. The Morgan fingerprint density at radius 3 is 2.74 bits per heavy atom. The van der Waals surface area contributed by atoms with E-state index >= 15 is 0 Å². The molecule has 0 amide bonds. The summed E-state index contributed by atoms with van der Waals surface area (Å²) in [6.45, 7) is 2.32. The lowest BCUT2D eigenvalue weighted by atomic mass is 9.74. The van der Waals surface area contributed by atoms with E-state index in [1.54, 1.807) is 17.9 Å². The van der Waals surface area contributed by atoms with Crippen molar-refractivity contribution in [3.8, 4) is 5.75 Å². The van der Waals surface area contributed by atoms with Gasteiger partial charge in [-0.2, -0.15) is 21.6 Å². The van der Waals surface area contributed by atoms with Crippen molar-refractivity contribution in [2.45, 2.75) is 49.4 Å². The van der Waals surface area contributed by atoms with Gasteiger partial charge in [-0.05, 0) is 43.0 Å². The van der Waals surface area contributed by atoms with Crippen molar-refractivity contribution in [2.24, 2.45) is 7.05 Å². The average Bonchev–Trinajstić information content (AvgIpc) is 3.08. The van der Waals surface area contributed by atoms with Crippen LogP contribution in [0.4, 0.5) is 13.2 Å². The molecule has 3 heterocycles. The summed E-state index contributed by atoms with van der Waals surface area (Å²) >= 11 is 6.16. The fraction of sp³-hybridized carbons (Fsp3) is 0.556. The average molecular weight is 481 g/mol. The van der Waals surface area contributed by atoms with Crippen LogP contribution in [-0.4, -0.2) is 41.6 Å². The van der Waals surface area contributed by atoms with Gasteiger partial charge in [-0.15, -0.1) is 5.10 Å². The molecule has 8 nitrogen and oxygen atoms in total. The highest BCUT2D eigenvalue weighted by Crippen LogP contribution is 2.48. The van der Waals surface area contributed by atoms with Gasteiger partial charge in [0.25, 0.3) is 0 Å². The smallest absolute Gasteiger partial charge is 0.374 e. The van der Waals surface area contributed by atoms with Crippen molar-refractivity contribution in [1.29, 1.82) is 0 Å². The van der Waals surface area contributed by atoms with Gasteiger partial charge in [-0.3, -0.25) is 4.68 Å². The van der Waals surface area contributed by atoms with Gasteiger partial charge in [0, 0.05) is 25.7 Å². The first kappa shape index (κ1) is 22.3. The summed E-state index contributed by atoms with van der Waals surface area (Å²) < 4.78 is 73.2. The van der Waals surface area contributed by atoms with E-state index in [4.69, 9.17) is 16.3 Å². The standard InChI is InChI=1S/C18H20ClF3N4O4S/c1-10-7-17(8-14(23-10)15-9-26(2)25-24-15)12-6-13(19)16(5-11(12)3-4-29-17)30-31(27,28)18(20,21)22/h5-6,9-10,14,23H,3-4,7-8H2,1-2H3/t10-,14-,17-/m0/s1. The molecule has 0 saturated carbocycles. The molecule has 1 aromatic carbocycles. The summed E-state index contributed by atoms with van der Waals surface area (Å²) in [7, 11) is -4.06. The second-order valence-electron chi connectivity index (χ2n) is 7.86. The molecule has 1 aromatic heterocycles. The largest absolute Gasteiger partial charge is 0.534 e. The summed E-state index contributed by atoms with van der Waals surface area (Å²) in [4.78, 5) is 0. The zero-order valence-electron chi connectivity index (χ0n) is 16.6. The van der Waals surface area contributed by atoms with Gasteiger partial charge >= 0.3 is 15.6 Å². The molecule has 4 rings (SSSR count). The van der Waals surface area contributed by atoms with E-state index in [2.05, 4.69) is 19.8 Å². The van der Waals surface area contributed by atoms with Gasteiger partial charge in [0.1, 0.15) is 0 Å². The van der Waals surface area contributed by atoms with E-state index in [1.165, 1.54) is 12.1 Å². The highest BCUT2D eigenvalue weighted by Gasteiger charge is 2.49. The summed E-state index contributed by atoms with van der Waals surface area (Å²) in [6.07, 6.45) is 3.28.